The van der Waals surface area contributed by atoms with Crippen molar-refractivity contribution in [1.82, 2.24) is 30.3 Å². The first-order valence-electron chi connectivity index (χ1n) is 9.23. The van der Waals surface area contributed by atoms with E-state index in [1.165, 1.54) is 6.33 Å². The minimum atomic E-state index is -0.157. The molecule has 1 N–H and O–H groups in total. The molecule has 0 aliphatic heterocycles. The third-order valence-electron chi connectivity index (χ3n) is 4.50. The smallest absolute Gasteiger partial charge is 0.251 e. The van der Waals surface area contributed by atoms with Crippen molar-refractivity contribution in [3.05, 3.63) is 72.3 Å². The van der Waals surface area contributed by atoms with Gasteiger partial charge in [-0.3, -0.25) is 9.48 Å². The Balaban J connectivity index is 1.44. The third-order valence-corrected chi connectivity index (χ3v) is 4.50. The van der Waals surface area contributed by atoms with E-state index in [2.05, 4.69) is 25.6 Å². The number of aryl methyl sites for hydroxylation is 1. The van der Waals surface area contributed by atoms with Crippen LogP contribution in [-0.2, 0) is 6.54 Å². The standard InChI is InChI=1S/C21H20N6O2/c1-14-5-3-4-6-18(14)21-26-25-20(29-21)17-9-7-16(8-10-17)19(28)24-15(2)11-27-13-22-12-23-27/h3-10,12-13,15H,11H2,1-2H3,(H,24,28)/t15-/m1/s1. The van der Waals surface area contributed by atoms with Crippen molar-refractivity contribution < 1.29 is 9.21 Å². The Morgan fingerprint density at radius 2 is 1.86 bits per heavy atom. The number of nitrogens with one attached hydrogen (secondary N) is 1. The van der Waals surface area contributed by atoms with Gasteiger partial charge >= 0.3 is 0 Å². The minimum Gasteiger partial charge on any atom is -0.416 e. The van der Waals surface area contributed by atoms with Gasteiger partial charge in [0.2, 0.25) is 11.8 Å². The number of benzene rings is 2. The zero-order valence-corrected chi connectivity index (χ0v) is 16.1. The summed E-state index contributed by atoms with van der Waals surface area (Å²) in [5, 5.41) is 15.3. The zero-order valence-electron chi connectivity index (χ0n) is 16.1. The van der Waals surface area contributed by atoms with Crippen LogP contribution in [0.4, 0.5) is 0 Å². The van der Waals surface area contributed by atoms with Gasteiger partial charge in [0.15, 0.2) is 0 Å². The van der Waals surface area contributed by atoms with Crippen molar-refractivity contribution in [3.8, 4) is 22.9 Å². The van der Waals surface area contributed by atoms with Crippen LogP contribution in [-0.4, -0.2) is 36.9 Å². The average molecular weight is 388 g/mol. The van der Waals surface area contributed by atoms with Crippen molar-refractivity contribution in [2.24, 2.45) is 0 Å². The quantitative estimate of drug-likeness (QED) is 0.545. The van der Waals surface area contributed by atoms with Gasteiger partial charge in [-0.25, -0.2) is 4.98 Å². The fourth-order valence-corrected chi connectivity index (χ4v) is 2.99. The second kappa shape index (κ2) is 8.05. The maximum Gasteiger partial charge on any atom is 0.251 e. The lowest BCUT2D eigenvalue weighted by Gasteiger charge is -2.13. The first-order chi connectivity index (χ1) is 14.1. The summed E-state index contributed by atoms with van der Waals surface area (Å²) in [5.41, 5.74) is 3.28. The summed E-state index contributed by atoms with van der Waals surface area (Å²) in [4.78, 5) is 16.3. The van der Waals surface area contributed by atoms with Gasteiger partial charge in [-0.2, -0.15) is 5.10 Å². The molecule has 29 heavy (non-hydrogen) atoms. The van der Waals surface area contributed by atoms with Crippen LogP contribution >= 0.6 is 0 Å². The van der Waals surface area contributed by atoms with Crippen LogP contribution in [0.3, 0.4) is 0 Å². The van der Waals surface area contributed by atoms with Gasteiger partial charge in [-0.05, 0) is 49.7 Å². The molecule has 0 unspecified atom stereocenters. The van der Waals surface area contributed by atoms with Gasteiger partial charge in [0.25, 0.3) is 5.91 Å². The van der Waals surface area contributed by atoms with E-state index in [1.807, 2.05) is 38.1 Å². The lowest BCUT2D eigenvalue weighted by molar-refractivity contribution is 0.0936. The highest BCUT2D eigenvalue weighted by Crippen LogP contribution is 2.26. The lowest BCUT2D eigenvalue weighted by atomic mass is 10.1. The minimum absolute atomic E-state index is 0.0866. The summed E-state index contributed by atoms with van der Waals surface area (Å²) in [6, 6.07) is 14.8. The molecule has 8 nitrogen and oxygen atoms in total. The number of nitrogens with zero attached hydrogens (tertiary/aromatic N) is 5. The molecule has 1 amide bonds. The van der Waals surface area contributed by atoms with Crippen molar-refractivity contribution in [1.29, 1.82) is 0 Å². The van der Waals surface area contributed by atoms with E-state index >= 15 is 0 Å². The summed E-state index contributed by atoms with van der Waals surface area (Å²) in [6.45, 7) is 4.46. The van der Waals surface area contributed by atoms with Crippen LogP contribution in [0, 0.1) is 6.92 Å². The zero-order chi connectivity index (χ0) is 20.2. The van der Waals surface area contributed by atoms with Crippen molar-refractivity contribution in [2.75, 3.05) is 0 Å². The van der Waals surface area contributed by atoms with Gasteiger partial charge in [-0.15, -0.1) is 10.2 Å². The lowest BCUT2D eigenvalue weighted by Crippen LogP contribution is -2.35. The molecule has 4 aromatic rings. The number of amides is 1. The molecule has 4 rings (SSSR count). The molecule has 8 heteroatoms. The van der Waals surface area contributed by atoms with Crippen LogP contribution in [0.25, 0.3) is 22.9 Å². The normalized spacial score (nSPS) is 11.9. The van der Waals surface area contributed by atoms with Crippen molar-refractivity contribution in [3.63, 3.8) is 0 Å². The summed E-state index contributed by atoms with van der Waals surface area (Å²) in [7, 11) is 0. The molecule has 2 aromatic carbocycles. The number of carbonyl (C=O) groups is 1. The molecule has 0 bridgehead atoms. The molecule has 0 fully saturated rings. The van der Waals surface area contributed by atoms with Gasteiger partial charge in [-0.1, -0.05) is 18.2 Å². The number of carbonyl (C=O) groups excluding carboxylic acids is 1. The number of hydrogen-bond donors (Lipinski definition) is 1. The van der Waals surface area contributed by atoms with E-state index in [9.17, 15) is 4.79 Å². The highest BCUT2D eigenvalue weighted by molar-refractivity contribution is 5.94. The Morgan fingerprint density at radius 1 is 1.10 bits per heavy atom. The van der Waals surface area contributed by atoms with Crippen LogP contribution in [0.2, 0.25) is 0 Å². The van der Waals surface area contributed by atoms with E-state index in [4.69, 9.17) is 4.42 Å². The maximum atomic E-state index is 12.5. The molecule has 0 aliphatic rings. The van der Waals surface area contributed by atoms with Crippen LogP contribution in [0.1, 0.15) is 22.8 Å². The maximum absolute atomic E-state index is 12.5. The molecule has 2 heterocycles. The molecular formula is C21H20N6O2. The van der Waals surface area contributed by atoms with Gasteiger partial charge in [0, 0.05) is 22.7 Å². The van der Waals surface area contributed by atoms with Crippen LogP contribution < -0.4 is 5.32 Å². The first-order valence-corrected chi connectivity index (χ1v) is 9.23. The number of aromatic nitrogens is 5. The average Bonchev–Trinajstić information content (AvgIpc) is 3.40. The Labute approximate surface area is 167 Å². The summed E-state index contributed by atoms with van der Waals surface area (Å²) in [6.07, 6.45) is 3.09. The summed E-state index contributed by atoms with van der Waals surface area (Å²) < 4.78 is 7.50. The van der Waals surface area contributed by atoms with Gasteiger partial charge in [0.05, 0.1) is 6.54 Å². The highest BCUT2D eigenvalue weighted by Gasteiger charge is 2.14. The topological polar surface area (TPSA) is 98.7 Å². The molecule has 2 aromatic heterocycles. The SMILES string of the molecule is Cc1ccccc1-c1nnc(-c2ccc(C(=O)N[C@H](C)Cn3cncn3)cc2)o1. The Morgan fingerprint density at radius 3 is 2.59 bits per heavy atom. The molecule has 1 atom stereocenters. The molecule has 0 aliphatic carbocycles. The largest absolute Gasteiger partial charge is 0.416 e. The predicted octanol–water partition coefficient (Wildman–Crippen LogP) is 3.12. The van der Waals surface area contributed by atoms with E-state index < -0.39 is 0 Å². The van der Waals surface area contributed by atoms with Crippen molar-refractivity contribution in [2.45, 2.75) is 26.4 Å². The van der Waals surface area contributed by atoms with Crippen LogP contribution in [0.15, 0.2) is 65.6 Å². The third kappa shape index (κ3) is 4.21. The van der Waals surface area contributed by atoms with Gasteiger partial charge in [0.1, 0.15) is 12.7 Å². The summed E-state index contributed by atoms with van der Waals surface area (Å²) in [5.74, 6) is 0.729. The van der Waals surface area contributed by atoms with Gasteiger partial charge < -0.3 is 9.73 Å². The van der Waals surface area contributed by atoms with E-state index in [0.29, 0.717) is 23.9 Å². The monoisotopic (exact) mass is 388 g/mol. The Bertz CT molecular complexity index is 1100. The van der Waals surface area contributed by atoms with Crippen LogP contribution in [0.5, 0.6) is 0 Å². The molecule has 0 radical (unpaired) electrons. The fourth-order valence-electron chi connectivity index (χ4n) is 2.99. The Hall–Kier alpha value is -3.81. The molecule has 0 saturated heterocycles. The predicted molar refractivity (Wildman–Crippen MR) is 107 cm³/mol. The second-order valence-electron chi connectivity index (χ2n) is 6.80. The fraction of sp³-hybridized carbons (Fsp3) is 0.190. The van der Waals surface area contributed by atoms with E-state index in [0.717, 1.165) is 16.7 Å². The molecular weight excluding hydrogens is 368 g/mol. The molecule has 146 valence electrons. The van der Waals surface area contributed by atoms with E-state index in [-0.39, 0.29) is 11.9 Å². The number of hydrogen-bond acceptors (Lipinski definition) is 6. The highest BCUT2D eigenvalue weighted by atomic mass is 16.4. The molecule has 0 saturated carbocycles. The van der Waals surface area contributed by atoms with Crippen molar-refractivity contribution >= 4 is 5.91 Å². The first kappa shape index (κ1) is 18.5. The summed E-state index contributed by atoms with van der Waals surface area (Å²) >= 11 is 0. The Kier molecular flexibility index (Phi) is 5.15. The second-order valence-corrected chi connectivity index (χ2v) is 6.80. The number of rotatable bonds is 6. The molecule has 0 spiro atoms. The van der Waals surface area contributed by atoms with E-state index in [1.54, 1.807) is 35.3 Å².